The van der Waals surface area contributed by atoms with Gasteiger partial charge in [-0.3, -0.25) is 4.79 Å². The van der Waals surface area contributed by atoms with Crippen molar-refractivity contribution in [3.05, 3.63) is 0 Å². The Hall–Kier alpha value is 0.390. The van der Waals surface area contributed by atoms with Crippen LogP contribution in [0.25, 0.3) is 0 Å². The van der Waals surface area contributed by atoms with Gasteiger partial charge in [0.25, 0.3) is 0 Å². The molecule has 0 aromatic carbocycles. The van der Waals surface area contributed by atoms with E-state index in [1.54, 1.807) is 6.92 Å². The molecule has 2 atom stereocenters. The van der Waals surface area contributed by atoms with Crippen LogP contribution in [0, 0.1) is 0 Å². The Bertz CT molecular complexity index is 109. The molecule has 0 bridgehead atoms. The van der Waals surface area contributed by atoms with E-state index in [4.69, 9.17) is 15.9 Å². The second kappa shape index (κ2) is 6.12. The Balaban J connectivity index is 0. The normalized spacial score (nSPS) is 15.1. The molecule has 0 radical (unpaired) electrons. The van der Waals surface area contributed by atoms with Crippen molar-refractivity contribution in [1.29, 1.82) is 0 Å². The Morgan fingerprint density at radius 1 is 1.70 bits per heavy atom. The van der Waals surface area contributed by atoms with E-state index in [1.165, 1.54) is 0 Å². The molecule has 0 aromatic rings. The van der Waals surface area contributed by atoms with E-state index in [2.05, 4.69) is 0 Å². The molecule has 0 aliphatic rings. The third-order valence-corrected chi connectivity index (χ3v) is 1.12. The molecule has 0 amide bonds. The standard InChI is InChI=1S/C5H11NO3.Na.H/c1-2-3(7)4(6)5(8)9;;/h3-4,7H,2,6H2,1H3,(H,8,9);;. The van der Waals surface area contributed by atoms with Gasteiger partial charge in [-0.25, -0.2) is 0 Å². The van der Waals surface area contributed by atoms with E-state index in [0.29, 0.717) is 6.42 Å². The van der Waals surface area contributed by atoms with Crippen molar-refractivity contribution in [1.82, 2.24) is 0 Å². The van der Waals surface area contributed by atoms with Crippen LogP contribution in [0.1, 0.15) is 13.3 Å². The number of hydrogen-bond donors (Lipinski definition) is 3. The topological polar surface area (TPSA) is 83.5 Å². The molecule has 4 N–H and O–H groups in total. The fourth-order valence-electron chi connectivity index (χ4n) is 0.419. The maximum absolute atomic E-state index is 10.0. The zero-order valence-corrected chi connectivity index (χ0v) is 5.24. The van der Waals surface area contributed by atoms with Crippen molar-refractivity contribution >= 4 is 35.5 Å². The molecule has 0 aromatic heterocycles. The summed E-state index contributed by atoms with van der Waals surface area (Å²) in [6.45, 7) is 1.67. The van der Waals surface area contributed by atoms with Crippen molar-refractivity contribution in [2.75, 3.05) is 0 Å². The molecule has 0 rings (SSSR count). The van der Waals surface area contributed by atoms with Crippen LogP contribution in [0.2, 0.25) is 0 Å². The number of carboxylic acids is 1. The van der Waals surface area contributed by atoms with Crippen LogP contribution in [0.5, 0.6) is 0 Å². The number of aliphatic carboxylic acids is 1. The second-order valence-electron chi connectivity index (χ2n) is 1.84. The molecule has 0 aliphatic heterocycles. The summed E-state index contributed by atoms with van der Waals surface area (Å²) < 4.78 is 0. The summed E-state index contributed by atoms with van der Waals surface area (Å²) in [6, 6.07) is -1.14. The summed E-state index contributed by atoms with van der Waals surface area (Å²) in [4.78, 5) is 10.0. The SMILES string of the molecule is CCC(O)C(N)C(=O)O.[NaH]. The van der Waals surface area contributed by atoms with Gasteiger partial charge in [-0.1, -0.05) is 6.92 Å². The first-order valence-corrected chi connectivity index (χ1v) is 2.76. The molecule has 0 saturated carbocycles. The third kappa shape index (κ3) is 4.24. The van der Waals surface area contributed by atoms with E-state index >= 15 is 0 Å². The van der Waals surface area contributed by atoms with Crippen molar-refractivity contribution < 1.29 is 15.0 Å². The van der Waals surface area contributed by atoms with E-state index in [9.17, 15) is 4.79 Å². The Morgan fingerprint density at radius 2 is 2.10 bits per heavy atom. The molecule has 0 saturated heterocycles. The van der Waals surface area contributed by atoms with Gasteiger partial charge in [-0.15, -0.1) is 0 Å². The van der Waals surface area contributed by atoms with Crippen LogP contribution in [0.3, 0.4) is 0 Å². The number of hydrogen-bond acceptors (Lipinski definition) is 3. The summed E-state index contributed by atoms with van der Waals surface area (Å²) in [5, 5.41) is 17.0. The molecule has 2 unspecified atom stereocenters. The van der Waals surface area contributed by atoms with E-state index in [0.717, 1.165) is 0 Å². The molecule has 5 heteroatoms. The summed E-state index contributed by atoms with van der Waals surface area (Å²) >= 11 is 0. The van der Waals surface area contributed by atoms with Crippen molar-refractivity contribution in [2.45, 2.75) is 25.5 Å². The zero-order valence-electron chi connectivity index (χ0n) is 5.24. The summed E-state index contributed by atoms with van der Waals surface area (Å²) in [5.74, 6) is -1.16. The van der Waals surface area contributed by atoms with Crippen LogP contribution >= 0.6 is 0 Å². The quantitative estimate of drug-likeness (QED) is 0.436. The van der Waals surface area contributed by atoms with Crippen LogP contribution < -0.4 is 5.73 Å². The van der Waals surface area contributed by atoms with Crippen molar-refractivity contribution in [3.8, 4) is 0 Å². The van der Waals surface area contributed by atoms with Gasteiger partial charge in [0.1, 0.15) is 6.04 Å². The molecule has 56 valence electrons. The van der Waals surface area contributed by atoms with E-state index < -0.39 is 18.1 Å². The van der Waals surface area contributed by atoms with Crippen molar-refractivity contribution in [2.24, 2.45) is 5.73 Å². The number of carboxylic acid groups (broad SMARTS) is 1. The first-order valence-electron chi connectivity index (χ1n) is 2.76. The minimum absolute atomic E-state index is 0. The average molecular weight is 157 g/mol. The van der Waals surface area contributed by atoms with Crippen LogP contribution in [-0.2, 0) is 4.79 Å². The Morgan fingerprint density at radius 3 is 2.20 bits per heavy atom. The van der Waals surface area contributed by atoms with Gasteiger partial charge >= 0.3 is 35.5 Å². The molecule has 0 heterocycles. The first kappa shape index (κ1) is 13.0. The van der Waals surface area contributed by atoms with E-state index in [1.807, 2.05) is 0 Å². The van der Waals surface area contributed by atoms with E-state index in [-0.39, 0.29) is 29.6 Å². The summed E-state index contributed by atoms with van der Waals surface area (Å²) in [5.41, 5.74) is 5.02. The molecule has 0 fully saturated rings. The predicted molar refractivity (Wildman–Crippen MR) is 39.1 cm³/mol. The van der Waals surface area contributed by atoms with Crippen LogP contribution in [-0.4, -0.2) is 57.9 Å². The molecular weight excluding hydrogens is 145 g/mol. The van der Waals surface area contributed by atoms with Gasteiger partial charge in [0.15, 0.2) is 0 Å². The summed E-state index contributed by atoms with van der Waals surface area (Å²) in [6.07, 6.45) is -0.560. The average Bonchev–Trinajstić information content (AvgIpc) is 1.84. The number of aliphatic hydroxyl groups excluding tert-OH is 1. The fourth-order valence-corrected chi connectivity index (χ4v) is 0.419. The first-order chi connectivity index (χ1) is 4.09. The van der Waals surface area contributed by atoms with Crippen LogP contribution in [0.15, 0.2) is 0 Å². The monoisotopic (exact) mass is 157 g/mol. The molecule has 0 spiro atoms. The zero-order chi connectivity index (χ0) is 7.44. The molecular formula is C5H12NNaO3. The Labute approximate surface area is 81.7 Å². The van der Waals surface area contributed by atoms with Gasteiger partial charge < -0.3 is 15.9 Å². The van der Waals surface area contributed by atoms with Crippen LogP contribution in [0.4, 0.5) is 0 Å². The van der Waals surface area contributed by atoms with Gasteiger partial charge in [0.2, 0.25) is 0 Å². The van der Waals surface area contributed by atoms with Gasteiger partial charge in [-0.05, 0) is 6.42 Å². The van der Waals surface area contributed by atoms with Gasteiger partial charge in [-0.2, -0.15) is 0 Å². The minimum atomic E-state index is -1.16. The number of carbonyl (C=O) groups is 1. The number of aliphatic hydroxyl groups is 1. The molecule has 10 heavy (non-hydrogen) atoms. The maximum atomic E-state index is 10.0. The number of rotatable bonds is 3. The molecule has 4 nitrogen and oxygen atoms in total. The molecule has 0 aliphatic carbocycles. The third-order valence-electron chi connectivity index (χ3n) is 1.12. The Kier molecular flexibility index (Phi) is 7.97. The fraction of sp³-hybridized carbons (Fsp3) is 0.800. The van der Waals surface area contributed by atoms with Gasteiger partial charge in [0, 0.05) is 0 Å². The van der Waals surface area contributed by atoms with Crippen molar-refractivity contribution in [3.63, 3.8) is 0 Å². The predicted octanol–water partition coefficient (Wildman–Crippen LogP) is -1.48. The second-order valence-corrected chi connectivity index (χ2v) is 1.84. The number of nitrogens with two attached hydrogens (primary N) is 1. The summed E-state index contributed by atoms with van der Waals surface area (Å²) in [7, 11) is 0. The van der Waals surface area contributed by atoms with Gasteiger partial charge in [0.05, 0.1) is 6.10 Å².